The molecule has 1 unspecified atom stereocenters. The first kappa shape index (κ1) is 23.6. The fourth-order valence-corrected chi connectivity index (χ4v) is 2.94. The molecule has 0 aromatic carbocycles. The van der Waals surface area contributed by atoms with Gasteiger partial charge in [-0.3, -0.25) is 9.59 Å². The smallest absolute Gasteiger partial charge is 0.228 e. The number of hydrogen-bond acceptors (Lipinski definition) is 2. The predicted molar refractivity (Wildman–Crippen MR) is 107 cm³/mol. The molecule has 3 heteroatoms. The summed E-state index contributed by atoms with van der Waals surface area (Å²) in [4.78, 5) is 23.2. The second-order valence-corrected chi connectivity index (χ2v) is 7.12. The lowest BCUT2D eigenvalue weighted by Crippen LogP contribution is -2.30. The average molecular weight is 350 g/mol. The van der Waals surface area contributed by atoms with Crippen LogP contribution in [0.2, 0.25) is 0 Å². The van der Waals surface area contributed by atoms with Crippen LogP contribution in [0.4, 0.5) is 0 Å². The number of nitrogens with two attached hydrogens (primary N) is 1. The van der Waals surface area contributed by atoms with E-state index in [1.54, 1.807) is 6.92 Å². The Labute approximate surface area is 155 Å². The van der Waals surface area contributed by atoms with Gasteiger partial charge in [-0.1, -0.05) is 77.0 Å². The topological polar surface area (TPSA) is 60.2 Å². The van der Waals surface area contributed by atoms with Crippen LogP contribution in [-0.4, -0.2) is 11.7 Å². The van der Waals surface area contributed by atoms with E-state index in [1.807, 2.05) is 0 Å². The lowest BCUT2D eigenvalue weighted by Gasteiger charge is -2.11. The van der Waals surface area contributed by atoms with Gasteiger partial charge in [0, 0.05) is 0 Å². The van der Waals surface area contributed by atoms with Gasteiger partial charge in [0.1, 0.15) is 5.92 Å². The number of carbonyl (C=O) groups is 2. The van der Waals surface area contributed by atoms with Crippen molar-refractivity contribution in [3.05, 3.63) is 24.3 Å². The fourth-order valence-electron chi connectivity index (χ4n) is 2.94. The summed E-state index contributed by atoms with van der Waals surface area (Å²) in [5.74, 6) is -1.41. The summed E-state index contributed by atoms with van der Waals surface area (Å²) in [6, 6.07) is 0. The van der Waals surface area contributed by atoms with Crippen molar-refractivity contribution in [2.45, 2.75) is 97.3 Å². The molecule has 0 aliphatic carbocycles. The highest BCUT2D eigenvalue weighted by molar-refractivity contribution is 6.08. The molecule has 1 atom stereocenters. The first-order valence-corrected chi connectivity index (χ1v) is 10.1. The summed E-state index contributed by atoms with van der Waals surface area (Å²) < 4.78 is 0. The molecule has 0 bridgehead atoms. The second-order valence-electron chi connectivity index (χ2n) is 7.12. The lowest BCUT2D eigenvalue weighted by atomic mass is 9.92. The minimum atomic E-state index is -0.685. The van der Waals surface area contributed by atoms with Crippen molar-refractivity contribution < 1.29 is 9.59 Å². The number of amides is 1. The SMILES string of the molecule is C=C(C)C(=O)C(CCCCCC/C=C\CCCCCCCC)C(N)=O. The molecule has 0 fully saturated rings. The average Bonchev–Trinajstić information content (AvgIpc) is 2.57. The zero-order chi connectivity index (χ0) is 18.9. The Kier molecular flexibility index (Phi) is 15.2. The van der Waals surface area contributed by atoms with Crippen molar-refractivity contribution in [2.24, 2.45) is 11.7 Å². The van der Waals surface area contributed by atoms with E-state index in [0.29, 0.717) is 12.0 Å². The summed E-state index contributed by atoms with van der Waals surface area (Å²) in [5.41, 5.74) is 5.74. The number of rotatable bonds is 17. The van der Waals surface area contributed by atoms with E-state index >= 15 is 0 Å². The van der Waals surface area contributed by atoms with Crippen LogP contribution in [0, 0.1) is 5.92 Å². The maximum atomic E-state index is 11.8. The molecule has 0 aromatic rings. The standard InChI is InChI=1S/C22H39NO2/c1-4-5-6-7-8-9-10-11-12-13-14-15-16-17-18-20(22(23)25)21(24)19(2)3/h11-12,20H,2,4-10,13-18H2,1,3H3,(H2,23,25)/b12-11-. The first-order chi connectivity index (χ1) is 12.0. The number of ketones is 1. The monoisotopic (exact) mass is 349 g/mol. The zero-order valence-electron chi connectivity index (χ0n) is 16.5. The maximum absolute atomic E-state index is 11.8. The molecule has 2 N–H and O–H groups in total. The molecule has 0 radical (unpaired) electrons. The maximum Gasteiger partial charge on any atom is 0.228 e. The van der Waals surface area contributed by atoms with E-state index in [9.17, 15) is 9.59 Å². The van der Waals surface area contributed by atoms with Crippen molar-refractivity contribution >= 4 is 11.7 Å². The molecule has 1 amide bonds. The predicted octanol–water partition coefficient (Wildman–Crippen LogP) is 5.88. The van der Waals surface area contributed by atoms with Crippen LogP contribution in [-0.2, 0) is 9.59 Å². The molecule has 144 valence electrons. The number of carbonyl (C=O) groups excluding carboxylic acids is 2. The molecule has 0 rings (SSSR count). The third kappa shape index (κ3) is 13.6. The summed E-state index contributed by atoms with van der Waals surface area (Å²) in [6.07, 6.45) is 19.8. The molecule has 0 spiro atoms. The summed E-state index contributed by atoms with van der Waals surface area (Å²) in [6.45, 7) is 7.50. The van der Waals surface area contributed by atoms with Crippen molar-refractivity contribution in [1.29, 1.82) is 0 Å². The van der Waals surface area contributed by atoms with Crippen LogP contribution < -0.4 is 5.73 Å². The highest BCUT2D eigenvalue weighted by Gasteiger charge is 2.23. The van der Waals surface area contributed by atoms with Gasteiger partial charge in [0.2, 0.25) is 5.91 Å². The molecule has 0 heterocycles. The number of allylic oxidation sites excluding steroid dienone is 3. The van der Waals surface area contributed by atoms with Gasteiger partial charge in [-0.15, -0.1) is 0 Å². The molecule has 3 nitrogen and oxygen atoms in total. The van der Waals surface area contributed by atoms with Gasteiger partial charge >= 0.3 is 0 Å². The van der Waals surface area contributed by atoms with Gasteiger partial charge in [0.25, 0.3) is 0 Å². The van der Waals surface area contributed by atoms with Gasteiger partial charge in [-0.25, -0.2) is 0 Å². The van der Waals surface area contributed by atoms with Gasteiger partial charge < -0.3 is 5.73 Å². The van der Waals surface area contributed by atoms with E-state index in [1.165, 1.54) is 51.4 Å². The van der Waals surface area contributed by atoms with E-state index in [0.717, 1.165) is 25.7 Å². The Balaban J connectivity index is 3.56. The molecule has 0 aromatic heterocycles. The third-order valence-electron chi connectivity index (χ3n) is 4.59. The second kappa shape index (κ2) is 16.1. The van der Waals surface area contributed by atoms with Gasteiger partial charge in [0.05, 0.1) is 0 Å². The van der Waals surface area contributed by atoms with Crippen LogP contribution in [0.1, 0.15) is 97.3 Å². The Morgan fingerprint density at radius 3 is 1.84 bits per heavy atom. The van der Waals surface area contributed by atoms with Gasteiger partial charge in [-0.05, 0) is 44.6 Å². The van der Waals surface area contributed by atoms with Gasteiger partial charge in [-0.2, -0.15) is 0 Å². The highest BCUT2D eigenvalue weighted by atomic mass is 16.2. The van der Waals surface area contributed by atoms with Crippen LogP contribution >= 0.6 is 0 Å². The van der Waals surface area contributed by atoms with E-state index in [2.05, 4.69) is 25.7 Å². The number of primary amides is 1. The normalized spacial score (nSPS) is 12.4. The minimum absolute atomic E-state index is 0.204. The Morgan fingerprint density at radius 1 is 0.880 bits per heavy atom. The van der Waals surface area contributed by atoms with Crippen LogP contribution in [0.15, 0.2) is 24.3 Å². The number of Topliss-reactive ketones (excluding diaryl/α,β-unsaturated/α-hetero) is 1. The van der Waals surface area contributed by atoms with Crippen molar-refractivity contribution in [3.8, 4) is 0 Å². The number of unbranched alkanes of at least 4 members (excludes halogenated alkanes) is 10. The molecular formula is C22H39NO2. The molecule has 0 saturated carbocycles. The van der Waals surface area contributed by atoms with E-state index in [4.69, 9.17) is 5.73 Å². The summed E-state index contributed by atoms with van der Waals surface area (Å²) in [5, 5.41) is 0. The summed E-state index contributed by atoms with van der Waals surface area (Å²) in [7, 11) is 0. The summed E-state index contributed by atoms with van der Waals surface area (Å²) >= 11 is 0. The molecule has 0 aliphatic rings. The zero-order valence-corrected chi connectivity index (χ0v) is 16.5. The van der Waals surface area contributed by atoms with E-state index in [-0.39, 0.29) is 5.78 Å². The Bertz CT molecular complexity index is 412. The molecule has 0 aliphatic heterocycles. The molecule has 25 heavy (non-hydrogen) atoms. The lowest BCUT2D eigenvalue weighted by molar-refractivity contribution is -0.130. The van der Waals surface area contributed by atoms with E-state index < -0.39 is 11.8 Å². The molecule has 0 saturated heterocycles. The third-order valence-corrected chi connectivity index (χ3v) is 4.59. The van der Waals surface area contributed by atoms with Gasteiger partial charge in [0.15, 0.2) is 5.78 Å². The fraction of sp³-hybridized carbons (Fsp3) is 0.727. The van der Waals surface area contributed by atoms with Crippen molar-refractivity contribution in [2.75, 3.05) is 0 Å². The molecular weight excluding hydrogens is 310 g/mol. The van der Waals surface area contributed by atoms with Crippen LogP contribution in [0.25, 0.3) is 0 Å². The van der Waals surface area contributed by atoms with Crippen molar-refractivity contribution in [3.63, 3.8) is 0 Å². The van der Waals surface area contributed by atoms with Crippen LogP contribution in [0.3, 0.4) is 0 Å². The Morgan fingerprint density at radius 2 is 1.36 bits per heavy atom. The van der Waals surface area contributed by atoms with Crippen molar-refractivity contribution in [1.82, 2.24) is 0 Å². The Hall–Kier alpha value is -1.38. The number of hydrogen-bond donors (Lipinski definition) is 1. The highest BCUT2D eigenvalue weighted by Crippen LogP contribution is 2.15. The van der Waals surface area contributed by atoms with Crippen LogP contribution in [0.5, 0.6) is 0 Å². The minimum Gasteiger partial charge on any atom is -0.369 e. The quantitative estimate of drug-likeness (QED) is 0.154. The largest absolute Gasteiger partial charge is 0.369 e. The first-order valence-electron chi connectivity index (χ1n) is 10.1.